The molecule has 0 saturated heterocycles. The fourth-order valence-corrected chi connectivity index (χ4v) is 2.33. The zero-order chi connectivity index (χ0) is 13.9. The molecule has 0 fully saturated rings. The number of hydrogen-bond donors (Lipinski definition) is 1. The van der Waals surface area contributed by atoms with Crippen LogP contribution in [0.2, 0.25) is 0 Å². The van der Waals surface area contributed by atoms with E-state index in [0.717, 1.165) is 12.1 Å². The van der Waals surface area contributed by atoms with Gasteiger partial charge in [-0.05, 0) is 25.5 Å². The summed E-state index contributed by atoms with van der Waals surface area (Å²) in [7, 11) is -3.75. The average molecular weight is 277 g/mol. The molecule has 1 atom stereocenters. The Hall–Kier alpha value is -1.50. The molecule has 0 saturated carbocycles. The molecule has 1 aromatic carbocycles. The number of nitrogens with one attached hydrogen (secondary N) is 1. The van der Waals surface area contributed by atoms with Crippen LogP contribution in [0, 0.1) is 11.6 Å². The predicted octanol–water partition coefficient (Wildman–Crippen LogP) is 2.32. The Bertz CT molecular complexity index is 558. The Balaban J connectivity index is 3.18. The topological polar surface area (TPSA) is 63.2 Å². The summed E-state index contributed by atoms with van der Waals surface area (Å²) in [6.07, 6.45) is 0.352. The molecule has 1 aromatic rings. The van der Waals surface area contributed by atoms with E-state index in [1.165, 1.54) is 6.92 Å². The second-order valence-corrected chi connectivity index (χ2v) is 5.91. The van der Waals surface area contributed by atoms with Crippen molar-refractivity contribution in [2.45, 2.75) is 25.5 Å². The molecule has 7 heteroatoms. The van der Waals surface area contributed by atoms with Crippen LogP contribution in [0.25, 0.3) is 0 Å². The molecule has 0 aliphatic carbocycles. The van der Waals surface area contributed by atoms with E-state index >= 15 is 0 Å². The van der Waals surface area contributed by atoms with Gasteiger partial charge < -0.3 is 0 Å². The molecular weight excluding hydrogens is 264 g/mol. The highest BCUT2D eigenvalue weighted by atomic mass is 32.2. The summed E-state index contributed by atoms with van der Waals surface area (Å²) in [6, 6.07) is 1.78. The van der Waals surface area contributed by atoms with Crippen molar-refractivity contribution in [3.63, 3.8) is 0 Å². The summed E-state index contributed by atoms with van der Waals surface area (Å²) in [5.74, 6) is -2.24. The van der Waals surface area contributed by atoms with Gasteiger partial charge in [0.25, 0.3) is 0 Å². The Morgan fingerprint density at radius 2 is 2.00 bits per heavy atom. The molecule has 18 heavy (non-hydrogen) atoms. The van der Waals surface area contributed by atoms with Crippen molar-refractivity contribution < 1.29 is 22.0 Å². The second-order valence-electron chi connectivity index (χ2n) is 3.81. The third-order valence-electron chi connectivity index (χ3n) is 2.60. The van der Waals surface area contributed by atoms with Crippen LogP contribution in [0.1, 0.15) is 30.6 Å². The van der Waals surface area contributed by atoms with Crippen LogP contribution in [0.15, 0.2) is 12.1 Å². The lowest BCUT2D eigenvalue weighted by molar-refractivity contribution is 0.111. The largest absolute Gasteiger partial charge is 0.298 e. The molecule has 0 spiro atoms. The lowest BCUT2D eigenvalue weighted by atomic mass is 10.2. The highest BCUT2D eigenvalue weighted by Gasteiger charge is 2.22. The first-order chi connectivity index (χ1) is 8.33. The molecule has 0 amide bonds. The lowest BCUT2D eigenvalue weighted by Gasteiger charge is -2.14. The van der Waals surface area contributed by atoms with E-state index in [-0.39, 0.29) is 6.29 Å². The van der Waals surface area contributed by atoms with E-state index in [0.29, 0.717) is 6.42 Å². The van der Waals surface area contributed by atoms with Gasteiger partial charge in [0.1, 0.15) is 5.82 Å². The van der Waals surface area contributed by atoms with Crippen molar-refractivity contribution in [3.05, 3.63) is 29.3 Å². The summed E-state index contributed by atoms with van der Waals surface area (Å²) in [4.78, 5) is 10.5. The first kappa shape index (κ1) is 14.6. The zero-order valence-corrected chi connectivity index (χ0v) is 10.7. The van der Waals surface area contributed by atoms with Crippen LogP contribution in [-0.4, -0.2) is 20.0 Å². The van der Waals surface area contributed by atoms with E-state index in [4.69, 9.17) is 0 Å². The molecule has 1 rings (SSSR count). The van der Waals surface area contributed by atoms with Crippen molar-refractivity contribution >= 4 is 22.0 Å². The van der Waals surface area contributed by atoms with Crippen LogP contribution < -0.4 is 4.72 Å². The molecule has 1 unspecified atom stereocenters. The number of hydrogen-bond acceptors (Lipinski definition) is 3. The number of rotatable bonds is 5. The van der Waals surface area contributed by atoms with Gasteiger partial charge in [0.05, 0.1) is 16.5 Å². The average Bonchev–Trinajstić information content (AvgIpc) is 2.32. The highest BCUT2D eigenvalue weighted by molar-refractivity contribution is 7.93. The maximum absolute atomic E-state index is 13.6. The van der Waals surface area contributed by atoms with Gasteiger partial charge in [0.2, 0.25) is 10.0 Å². The summed E-state index contributed by atoms with van der Waals surface area (Å²) in [5.41, 5.74) is -1.22. The van der Waals surface area contributed by atoms with Crippen LogP contribution in [0.3, 0.4) is 0 Å². The van der Waals surface area contributed by atoms with Crippen molar-refractivity contribution in [1.29, 1.82) is 0 Å². The van der Waals surface area contributed by atoms with E-state index < -0.39 is 38.2 Å². The fraction of sp³-hybridized carbons (Fsp3) is 0.364. The summed E-state index contributed by atoms with van der Waals surface area (Å²) in [6.45, 7) is 3.13. The molecule has 0 aliphatic heterocycles. The molecule has 1 N–H and O–H groups in total. The quantitative estimate of drug-likeness (QED) is 0.840. The van der Waals surface area contributed by atoms with Gasteiger partial charge in [-0.15, -0.1) is 0 Å². The van der Waals surface area contributed by atoms with Crippen molar-refractivity contribution in [2.75, 3.05) is 4.72 Å². The van der Waals surface area contributed by atoms with E-state index in [1.54, 1.807) is 6.92 Å². The second kappa shape index (κ2) is 5.43. The Morgan fingerprint density at radius 3 is 2.50 bits per heavy atom. The lowest BCUT2D eigenvalue weighted by Crippen LogP contribution is -2.25. The zero-order valence-electron chi connectivity index (χ0n) is 9.91. The van der Waals surface area contributed by atoms with Gasteiger partial charge in [0.15, 0.2) is 12.1 Å². The molecule has 100 valence electrons. The van der Waals surface area contributed by atoms with Crippen LogP contribution in [-0.2, 0) is 10.0 Å². The van der Waals surface area contributed by atoms with Gasteiger partial charge in [-0.2, -0.15) is 0 Å². The molecule has 0 aromatic heterocycles. The van der Waals surface area contributed by atoms with Crippen molar-refractivity contribution in [3.8, 4) is 0 Å². The molecule has 0 radical (unpaired) electrons. The van der Waals surface area contributed by atoms with E-state index in [1.807, 2.05) is 4.72 Å². The van der Waals surface area contributed by atoms with Gasteiger partial charge in [-0.25, -0.2) is 17.2 Å². The maximum Gasteiger partial charge on any atom is 0.235 e. The highest BCUT2D eigenvalue weighted by Crippen LogP contribution is 2.22. The summed E-state index contributed by atoms with van der Waals surface area (Å²) >= 11 is 0. The van der Waals surface area contributed by atoms with Crippen LogP contribution in [0.5, 0.6) is 0 Å². The number of aldehydes is 1. The first-order valence-corrected chi connectivity index (χ1v) is 6.83. The molecular formula is C11H13F2NO3S. The van der Waals surface area contributed by atoms with Gasteiger partial charge >= 0.3 is 0 Å². The van der Waals surface area contributed by atoms with E-state index in [2.05, 4.69) is 0 Å². The van der Waals surface area contributed by atoms with Crippen molar-refractivity contribution in [1.82, 2.24) is 0 Å². The number of carbonyl (C=O) groups excluding carboxylic acids is 1. The maximum atomic E-state index is 13.6. The third-order valence-corrected chi connectivity index (χ3v) is 4.50. The molecule has 4 nitrogen and oxygen atoms in total. The Kier molecular flexibility index (Phi) is 4.39. The minimum absolute atomic E-state index is 0.00567. The number of anilines is 1. The summed E-state index contributed by atoms with van der Waals surface area (Å²) < 4.78 is 52.1. The summed E-state index contributed by atoms with van der Waals surface area (Å²) in [5, 5.41) is -0.721. The predicted molar refractivity (Wildman–Crippen MR) is 64.0 cm³/mol. The monoisotopic (exact) mass is 277 g/mol. The fourth-order valence-electron chi connectivity index (χ4n) is 1.23. The molecule has 0 aliphatic rings. The number of halogens is 2. The normalized spacial score (nSPS) is 13.1. The van der Waals surface area contributed by atoms with Gasteiger partial charge in [-0.3, -0.25) is 9.52 Å². The smallest absolute Gasteiger partial charge is 0.235 e. The number of carbonyl (C=O) groups is 1. The number of benzene rings is 1. The van der Waals surface area contributed by atoms with Gasteiger partial charge in [0, 0.05) is 0 Å². The minimum atomic E-state index is -3.75. The first-order valence-electron chi connectivity index (χ1n) is 5.28. The molecule has 0 bridgehead atoms. The SMILES string of the molecule is CCC(C)S(=O)(=O)Nc1ccc(F)c(C=O)c1F. The minimum Gasteiger partial charge on any atom is -0.298 e. The Morgan fingerprint density at radius 1 is 1.39 bits per heavy atom. The van der Waals surface area contributed by atoms with Gasteiger partial charge in [-0.1, -0.05) is 6.92 Å². The van der Waals surface area contributed by atoms with E-state index in [9.17, 15) is 22.0 Å². The van der Waals surface area contributed by atoms with Crippen LogP contribution in [0.4, 0.5) is 14.5 Å². The third kappa shape index (κ3) is 2.84. The number of sulfonamides is 1. The standard InChI is InChI=1S/C11H13F2NO3S/c1-3-7(2)18(16,17)14-10-5-4-9(12)8(6-15)11(10)13/h4-7,14H,3H2,1-2H3. The van der Waals surface area contributed by atoms with Crippen molar-refractivity contribution in [2.24, 2.45) is 0 Å². The van der Waals surface area contributed by atoms with Crippen LogP contribution >= 0.6 is 0 Å². The Labute approximate surface area is 104 Å². The molecule has 0 heterocycles.